The van der Waals surface area contributed by atoms with E-state index in [1.807, 2.05) is 0 Å². The largest absolute Gasteiger partial charge is 0.279 e. The molecule has 0 saturated heterocycles. The minimum atomic E-state index is -0.801. The molecule has 0 heterocycles. The summed E-state index contributed by atoms with van der Waals surface area (Å²) in [6, 6.07) is 0. The van der Waals surface area contributed by atoms with Gasteiger partial charge in [-0.15, -0.1) is 11.6 Å². The van der Waals surface area contributed by atoms with E-state index in [0.717, 1.165) is 44.9 Å². The van der Waals surface area contributed by atoms with E-state index in [1.54, 1.807) is 0 Å². The third kappa shape index (κ3) is 6.75. The molecule has 1 atom stereocenters. The maximum Gasteiger partial charge on any atom is 0.242 e. The van der Waals surface area contributed by atoms with Gasteiger partial charge in [-0.1, -0.05) is 58.8 Å². The lowest BCUT2D eigenvalue weighted by Crippen LogP contribution is -2.28. The van der Waals surface area contributed by atoms with Crippen LogP contribution in [0.2, 0.25) is 0 Å². The quantitative estimate of drug-likeness (QED) is 0.299. The normalized spacial score (nSPS) is 14.8. The number of carbonyl (C=O) groups excluding carboxylic acids is 1. The molecule has 1 nitrogen and oxygen atoms in total. The van der Waals surface area contributed by atoms with Crippen LogP contribution in [0.25, 0.3) is 0 Å². The molecule has 0 aliphatic heterocycles. The van der Waals surface area contributed by atoms with Gasteiger partial charge in [0.15, 0.2) is 0 Å². The van der Waals surface area contributed by atoms with Crippen molar-refractivity contribution in [3.8, 4) is 0 Å². The van der Waals surface area contributed by atoms with E-state index in [2.05, 4.69) is 13.8 Å². The molecule has 0 aliphatic carbocycles. The van der Waals surface area contributed by atoms with E-state index in [-0.39, 0.29) is 5.24 Å². The number of carbonyl (C=O) groups is 1. The van der Waals surface area contributed by atoms with Gasteiger partial charge >= 0.3 is 0 Å². The summed E-state index contributed by atoms with van der Waals surface area (Å²) >= 11 is 11.9. The van der Waals surface area contributed by atoms with Gasteiger partial charge in [-0.3, -0.25) is 4.79 Å². The third-order valence-corrected chi connectivity index (χ3v) is 3.96. The first-order chi connectivity index (χ1) is 7.56. The standard InChI is InChI=1S/C13H24Cl2O/c1-3-5-7-9-11-13(15,12(14)16)10-8-6-4-2/h3-11H2,1-2H3. The van der Waals surface area contributed by atoms with E-state index in [9.17, 15) is 4.79 Å². The number of alkyl halides is 1. The average Bonchev–Trinajstić information content (AvgIpc) is 2.25. The van der Waals surface area contributed by atoms with Gasteiger partial charge in [0.1, 0.15) is 4.87 Å². The van der Waals surface area contributed by atoms with Crippen molar-refractivity contribution < 1.29 is 4.79 Å². The molecule has 0 aliphatic rings. The molecule has 3 heteroatoms. The summed E-state index contributed by atoms with van der Waals surface area (Å²) in [6.45, 7) is 4.31. The maximum absolute atomic E-state index is 11.4. The Labute approximate surface area is 110 Å². The average molecular weight is 267 g/mol. The Morgan fingerprint density at radius 3 is 1.81 bits per heavy atom. The van der Waals surface area contributed by atoms with Gasteiger partial charge in [-0.25, -0.2) is 0 Å². The van der Waals surface area contributed by atoms with Crippen LogP contribution in [0.4, 0.5) is 0 Å². The minimum Gasteiger partial charge on any atom is -0.279 e. The predicted molar refractivity (Wildman–Crippen MR) is 72.3 cm³/mol. The van der Waals surface area contributed by atoms with Gasteiger partial charge < -0.3 is 0 Å². The van der Waals surface area contributed by atoms with Crippen molar-refractivity contribution in [3.63, 3.8) is 0 Å². The van der Waals surface area contributed by atoms with Gasteiger partial charge in [-0.05, 0) is 24.4 Å². The highest BCUT2D eigenvalue weighted by atomic mass is 35.5. The fraction of sp³-hybridized carbons (Fsp3) is 0.923. The SMILES string of the molecule is CCCCCCC(Cl)(CCCCC)C(=O)Cl. The fourth-order valence-corrected chi connectivity index (χ4v) is 2.26. The summed E-state index contributed by atoms with van der Waals surface area (Å²) in [7, 11) is 0. The zero-order chi connectivity index (χ0) is 12.4. The summed E-state index contributed by atoms with van der Waals surface area (Å²) in [5.74, 6) is 0. The summed E-state index contributed by atoms with van der Waals surface area (Å²) in [6.07, 6.45) is 9.24. The van der Waals surface area contributed by atoms with Crippen LogP contribution in [0.1, 0.15) is 71.6 Å². The van der Waals surface area contributed by atoms with Crippen LogP contribution in [0.15, 0.2) is 0 Å². The molecule has 0 aromatic heterocycles. The van der Waals surface area contributed by atoms with E-state index in [0.29, 0.717) is 0 Å². The molecule has 0 saturated carbocycles. The summed E-state index contributed by atoms with van der Waals surface area (Å²) in [5, 5.41) is -0.373. The van der Waals surface area contributed by atoms with Crippen LogP contribution in [0, 0.1) is 0 Å². The first kappa shape index (κ1) is 16.2. The van der Waals surface area contributed by atoms with Gasteiger partial charge in [0.05, 0.1) is 0 Å². The summed E-state index contributed by atoms with van der Waals surface area (Å²) in [5.41, 5.74) is 0. The lowest BCUT2D eigenvalue weighted by atomic mass is 9.95. The second kappa shape index (κ2) is 9.30. The molecule has 96 valence electrons. The monoisotopic (exact) mass is 266 g/mol. The Hall–Kier alpha value is 0.250. The van der Waals surface area contributed by atoms with Crippen molar-refractivity contribution in [2.45, 2.75) is 76.5 Å². The molecule has 1 unspecified atom stereocenters. The maximum atomic E-state index is 11.4. The highest BCUT2D eigenvalue weighted by molar-refractivity contribution is 6.70. The molecule has 0 amide bonds. The van der Waals surface area contributed by atoms with Crippen molar-refractivity contribution in [2.24, 2.45) is 0 Å². The number of unbranched alkanes of at least 4 members (excludes halogenated alkanes) is 5. The topological polar surface area (TPSA) is 17.1 Å². The molecular weight excluding hydrogens is 243 g/mol. The van der Waals surface area contributed by atoms with Crippen molar-refractivity contribution in [1.29, 1.82) is 0 Å². The zero-order valence-electron chi connectivity index (χ0n) is 10.5. The summed E-state index contributed by atoms with van der Waals surface area (Å²) in [4.78, 5) is 10.6. The zero-order valence-corrected chi connectivity index (χ0v) is 12.0. The lowest BCUT2D eigenvalue weighted by molar-refractivity contribution is -0.114. The van der Waals surface area contributed by atoms with E-state index >= 15 is 0 Å². The first-order valence-electron chi connectivity index (χ1n) is 6.45. The van der Waals surface area contributed by atoms with Crippen LogP contribution >= 0.6 is 23.2 Å². The van der Waals surface area contributed by atoms with E-state index in [1.165, 1.54) is 12.8 Å². The van der Waals surface area contributed by atoms with Crippen LogP contribution in [0.3, 0.4) is 0 Å². The molecular formula is C13H24Cl2O. The lowest BCUT2D eigenvalue weighted by Gasteiger charge is -2.22. The Morgan fingerprint density at radius 1 is 0.938 bits per heavy atom. The molecule has 0 aromatic rings. The molecule has 0 radical (unpaired) electrons. The molecule has 0 N–H and O–H groups in total. The third-order valence-electron chi connectivity index (χ3n) is 2.96. The van der Waals surface area contributed by atoms with Crippen LogP contribution < -0.4 is 0 Å². The number of rotatable bonds is 10. The van der Waals surface area contributed by atoms with Crippen LogP contribution in [0.5, 0.6) is 0 Å². The predicted octanol–water partition coefficient (Wildman–Crippen LogP) is 5.28. The van der Waals surface area contributed by atoms with Gasteiger partial charge in [-0.2, -0.15) is 0 Å². The first-order valence-corrected chi connectivity index (χ1v) is 7.21. The fourth-order valence-electron chi connectivity index (χ4n) is 1.81. The molecule has 0 aromatic carbocycles. The number of hydrogen-bond acceptors (Lipinski definition) is 1. The smallest absolute Gasteiger partial charge is 0.242 e. The van der Waals surface area contributed by atoms with Gasteiger partial charge in [0.2, 0.25) is 5.24 Å². The molecule has 0 rings (SSSR count). The Balaban J connectivity index is 3.96. The Kier molecular flexibility index (Phi) is 9.44. The van der Waals surface area contributed by atoms with Gasteiger partial charge in [0, 0.05) is 0 Å². The van der Waals surface area contributed by atoms with Crippen molar-refractivity contribution >= 4 is 28.4 Å². The second-order valence-electron chi connectivity index (χ2n) is 4.51. The van der Waals surface area contributed by atoms with E-state index < -0.39 is 4.87 Å². The van der Waals surface area contributed by atoms with Gasteiger partial charge in [0.25, 0.3) is 0 Å². The second-order valence-corrected chi connectivity index (χ2v) is 5.57. The number of halogens is 2. The Bertz CT molecular complexity index is 194. The molecule has 0 spiro atoms. The molecule has 0 bridgehead atoms. The molecule has 16 heavy (non-hydrogen) atoms. The summed E-state index contributed by atoms with van der Waals surface area (Å²) < 4.78 is 0. The van der Waals surface area contributed by atoms with Crippen LogP contribution in [-0.4, -0.2) is 10.1 Å². The highest BCUT2D eigenvalue weighted by Crippen LogP contribution is 2.32. The van der Waals surface area contributed by atoms with Crippen molar-refractivity contribution in [1.82, 2.24) is 0 Å². The van der Waals surface area contributed by atoms with E-state index in [4.69, 9.17) is 23.2 Å². The highest BCUT2D eigenvalue weighted by Gasteiger charge is 2.33. The minimum absolute atomic E-state index is 0.373. The van der Waals surface area contributed by atoms with Crippen molar-refractivity contribution in [2.75, 3.05) is 0 Å². The van der Waals surface area contributed by atoms with Crippen molar-refractivity contribution in [3.05, 3.63) is 0 Å². The number of hydrogen-bond donors (Lipinski definition) is 0. The molecule has 0 fully saturated rings. The van der Waals surface area contributed by atoms with Crippen LogP contribution in [-0.2, 0) is 4.79 Å². The Morgan fingerprint density at radius 2 is 1.38 bits per heavy atom.